The normalized spacial score (nSPS) is 29.8. The summed E-state index contributed by atoms with van der Waals surface area (Å²) in [6.07, 6.45) is -1.66. The number of thioether (sulfide) groups is 1. The molecular weight excluding hydrogens is 219 g/mol. The lowest BCUT2D eigenvalue weighted by Gasteiger charge is -2.14. The second kappa shape index (κ2) is 4.69. The van der Waals surface area contributed by atoms with E-state index in [1.54, 1.807) is 4.90 Å². The van der Waals surface area contributed by atoms with E-state index in [0.29, 0.717) is 0 Å². The van der Waals surface area contributed by atoms with Gasteiger partial charge in [0.15, 0.2) is 0 Å². The number of aliphatic hydroxyl groups is 2. The topological polar surface area (TPSA) is 43.7 Å². The molecular formula is C7H12F3NO2S. The highest BCUT2D eigenvalue weighted by Gasteiger charge is 2.31. The van der Waals surface area contributed by atoms with Crippen LogP contribution in [-0.2, 0) is 0 Å². The van der Waals surface area contributed by atoms with Crippen LogP contribution in [-0.4, -0.2) is 58.2 Å². The third-order valence-electron chi connectivity index (χ3n) is 2.01. The van der Waals surface area contributed by atoms with E-state index in [4.69, 9.17) is 10.2 Å². The van der Waals surface area contributed by atoms with E-state index in [0.717, 1.165) is 0 Å². The summed E-state index contributed by atoms with van der Waals surface area (Å²) in [5.74, 6) is -0.0665. The van der Waals surface area contributed by atoms with Crippen molar-refractivity contribution in [2.45, 2.75) is 17.7 Å². The van der Waals surface area contributed by atoms with Crippen molar-refractivity contribution in [1.29, 1.82) is 0 Å². The molecule has 0 bridgehead atoms. The van der Waals surface area contributed by atoms with Crippen LogP contribution < -0.4 is 0 Å². The monoisotopic (exact) mass is 231 g/mol. The summed E-state index contributed by atoms with van der Waals surface area (Å²) in [6.45, 7) is 0.734. The molecule has 1 aliphatic heterocycles. The van der Waals surface area contributed by atoms with Crippen molar-refractivity contribution in [3.63, 3.8) is 0 Å². The van der Waals surface area contributed by atoms with Gasteiger partial charge in [-0.25, -0.2) is 0 Å². The SMILES string of the molecule is OC1CN(CCSC(F)(F)F)CC1O. The molecule has 7 heteroatoms. The maximum atomic E-state index is 11.7. The van der Waals surface area contributed by atoms with Crippen molar-refractivity contribution in [2.24, 2.45) is 0 Å². The maximum absolute atomic E-state index is 11.7. The second-order valence-electron chi connectivity index (χ2n) is 3.19. The Balaban J connectivity index is 2.15. The average Bonchev–Trinajstić information content (AvgIpc) is 2.28. The van der Waals surface area contributed by atoms with Crippen molar-refractivity contribution in [2.75, 3.05) is 25.4 Å². The van der Waals surface area contributed by atoms with E-state index < -0.39 is 17.7 Å². The summed E-state index contributed by atoms with van der Waals surface area (Å²) in [7, 11) is 0. The Hall–Kier alpha value is 0.0200. The lowest BCUT2D eigenvalue weighted by Crippen LogP contribution is -2.25. The van der Waals surface area contributed by atoms with Crippen molar-refractivity contribution in [3.8, 4) is 0 Å². The number of likely N-dealkylation sites (tertiary alicyclic amines) is 1. The van der Waals surface area contributed by atoms with E-state index in [1.165, 1.54) is 0 Å². The first kappa shape index (κ1) is 12.1. The van der Waals surface area contributed by atoms with Crippen LogP contribution in [0.1, 0.15) is 0 Å². The predicted molar refractivity (Wildman–Crippen MR) is 47.0 cm³/mol. The van der Waals surface area contributed by atoms with Crippen LogP contribution in [0.2, 0.25) is 0 Å². The van der Waals surface area contributed by atoms with Crippen LogP contribution in [0.25, 0.3) is 0 Å². The van der Waals surface area contributed by atoms with Gasteiger partial charge in [-0.3, -0.25) is 4.90 Å². The summed E-state index contributed by atoms with van der Waals surface area (Å²) in [6, 6.07) is 0. The Morgan fingerprint density at radius 2 is 1.71 bits per heavy atom. The van der Waals surface area contributed by atoms with Gasteiger partial charge in [0.1, 0.15) is 0 Å². The Morgan fingerprint density at radius 3 is 2.14 bits per heavy atom. The Kier molecular flexibility index (Phi) is 4.05. The smallest absolute Gasteiger partial charge is 0.389 e. The van der Waals surface area contributed by atoms with Crippen LogP contribution in [0.15, 0.2) is 0 Å². The minimum Gasteiger partial charge on any atom is -0.389 e. The standard InChI is InChI=1S/C7H12F3NO2S/c8-7(9,10)14-2-1-11-3-5(12)6(13)4-11/h5-6,12-13H,1-4H2. The Labute approximate surface area is 83.9 Å². The number of hydrogen-bond donors (Lipinski definition) is 2. The zero-order valence-electron chi connectivity index (χ0n) is 7.37. The molecule has 1 saturated heterocycles. The highest BCUT2D eigenvalue weighted by Crippen LogP contribution is 2.30. The molecule has 14 heavy (non-hydrogen) atoms. The van der Waals surface area contributed by atoms with Gasteiger partial charge in [-0.2, -0.15) is 13.2 Å². The molecule has 84 valence electrons. The van der Waals surface area contributed by atoms with Gasteiger partial charge in [0, 0.05) is 25.4 Å². The number of hydrogen-bond acceptors (Lipinski definition) is 4. The molecule has 2 N–H and O–H groups in total. The van der Waals surface area contributed by atoms with Gasteiger partial charge in [0.25, 0.3) is 0 Å². The van der Waals surface area contributed by atoms with Gasteiger partial charge in [-0.15, -0.1) is 0 Å². The molecule has 2 atom stereocenters. The van der Waals surface area contributed by atoms with Crippen molar-refractivity contribution in [3.05, 3.63) is 0 Å². The molecule has 1 heterocycles. The van der Waals surface area contributed by atoms with Gasteiger partial charge in [-0.05, 0) is 11.8 Å². The first-order chi connectivity index (χ1) is 6.38. The van der Waals surface area contributed by atoms with Crippen LogP contribution in [0, 0.1) is 0 Å². The van der Waals surface area contributed by atoms with Crippen molar-refractivity contribution in [1.82, 2.24) is 4.90 Å². The fourth-order valence-electron chi connectivity index (χ4n) is 1.32. The summed E-state index contributed by atoms with van der Waals surface area (Å²) >= 11 is -0.0821. The van der Waals surface area contributed by atoms with Crippen molar-refractivity contribution >= 4 is 11.8 Å². The van der Waals surface area contributed by atoms with Crippen LogP contribution in [0.3, 0.4) is 0 Å². The molecule has 0 aromatic carbocycles. The number of β-amino-alcohol motifs (C(OH)–C–C–N with tert-alkyl or cyclic N) is 2. The lowest BCUT2D eigenvalue weighted by atomic mass is 10.3. The van der Waals surface area contributed by atoms with E-state index in [2.05, 4.69) is 0 Å². The maximum Gasteiger partial charge on any atom is 0.441 e. The molecule has 0 aromatic rings. The number of nitrogens with zero attached hydrogens (tertiary/aromatic N) is 1. The predicted octanol–water partition coefficient (Wildman–Crippen LogP) is 0.277. The summed E-state index contributed by atoms with van der Waals surface area (Å²) in [4.78, 5) is 1.62. The molecule has 0 spiro atoms. The second-order valence-corrected chi connectivity index (χ2v) is 4.35. The fraction of sp³-hybridized carbons (Fsp3) is 1.00. The summed E-state index contributed by atoms with van der Waals surface area (Å²) < 4.78 is 35.2. The molecule has 1 rings (SSSR count). The van der Waals surface area contributed by atoms with E-state index in [1.807, 2.05) is 0 Å². The third-order valence-corrected chi connectivity index (χ3v) is 2.72. The minimum absolute atomic E-state index is 0.0665. The Bertz CT molecular complexity index is 180. The largest absolute Gasteiger partial charge is 0.441 e. The van der Waals surface area contributed by atoms with E-state index in [9.17, 15) is 13.2 Å². The minimum atomic E-state index is -4.20. The van der Waals surface area contributed by atoms with Crippen molar-refractivity contribution < 1.29 is 23.4 Å². The molecule has 0 amide bonds. The number of aliphatic hydroxyl groups excluding tert-OH is 2. The summed E-state index contributed by atoms with van der Waals surface area (Å²) in [5.41, 5.74) is -4.20. The van der Waals surface area contributed by atoms with Crippen LogP contribution >= 0.6 is 11.8 Å². The highest BCUT2D eigenvalue weighted by atomic mass is 32.2. The molecule has 2 unspecified atom stereocenters. The van der Waals surface area contributed by atoms with E-state index >= 15 is 0 Å². The molecule has 0 saturated carbocycles. The molecule has 0 radical (unpaired) electrons. The molecule has 3 nitrogen and oxygen atoms in total. The quantitative estimate of drug-likeness (QED) is 0.732. The number of halogens is 3. The first-order valence-corrected chi connectivity index (χ1v) is 5.16. The number of rotatable bonds is 3. The molecule has 1 aliphatic rings. The fourth-order valence-corrected chi connectivity index (χ4v) is 1.90. The third kappa shape index (κ3) is 4.04. The van der Waals surface area contributed by atoms with Gasteiger partial charge in [0.05, 0.1) is 12.2 Å². The zero-order chi connectivity index (χ0) is 10.8. The summed E-state index contributed by atoms with van der Waals surface area (Å²) in [5, 5.41) is 18.2. The van der Waals surface area contributed by atoms with Gasteiger partial charge < -0.3 is 10.2 Å². The van der Waals surface area contributed by atoms with Gasteiger partial charge >= 0.3 is 5.51 Å². The average molecular weight is 231 g/mol. The molecule has 0 aromatic heterocycles. The van der Waals surface area contributed by atoms with Crippen LogP contribution in [0.5, 0.6) is 0 Å². The number of alkyl halides is 3. The van der Waals surface area contributed by atoms with Gasteiger partial charge in [-0.1, -0.05) is 0 Å². The zero-order valence-corrected chi connectivity index (χ0v) is 8.18. The van der Waals surface area contributed by atoms with Crippen LogP contribution in [0.4, 0.5) is 13.2 Å². The highest BCUT2D eigenvalue weighted by molar-refractivity contribution is 8.00. The Morgan fingerprint density at radius 1 is 1.21 bits per heavy atom. The molecule has 0 aliphatic carbocycles. The van der Waals surface area contributed by atoms with E-state index in [-0.39, 0.29) is 37.1 Å². The molecule has 1 fully saturated rings. The first-order valence-electron chi connectivity index (χ1n) is 4.17. The lowest BCUT2D eigenvalue weighted by molar-refractivity contribution is -0.0328. The van der Waals surface area contributed by atoms with Gasteiger partial charge in [0.2, 0.25) is 0 Å².